The van der Waals surface area contributed by atoms with Crippen LogP contribution >= 0.6 is 11.6 Å². The van der Waals surface area contributed by atoms with E-state index in [-0.39, 0.29) is 0 Å². The number of pyridine rings is 1. The van der Waals surface area contributed by atoms with Crippen molar-refractivity contribution in [3.63, 3.8) is 0 Å². The maximum Gasteiger partial charge on any atom is 0.293 e. The van der Waals surface area contributed by atoms with E-state index in [4.69, 9.17) is 16.3 Å². The molecular weight excluding hydrogens is 242 g/mol. The summed E-state index contributed by atoms with van der Waals surface area (Å²) >= 11 is 5.75. The first kappa shape index (κ1) is 11.6. The van der Waals surface area contributed by atoms with Crippen molar-refractivity contribution in [3.8, 4) is 0 Å². The third kappa shape index (κ3) is 3.04. The zero-order valence-electron chi connectivity index (χ0n) is 8.84. The van der Waals surface area contributed by atoms with Crippen LogP contribution in [0.3, 0.4) is 0 Å². The van der Waals surface area contributed by atoms with Crippen molar-refractivity contribution in [1.82, 2.24) is 15.0 Å². The maximum atomic E-state index is 10.5. The average Bonchev–Trinajstić information content (AvgIpc) is 2.82. The molecule has 0 amide bonds. The van der Waals surface area contributed by atoms with Crippen molar-refractivity contribution in [2.45, 2.75) is 12.5 Å². The predicted octanol–water partition coefficient (Wildman–Crippen LogP) is 1.91. The Hall–Kier alpha value is -1.88. The molecule has 0 saturated heterocycles. The number of nitrogens with one attached hydrogen (secondary N) is 1. The molecule has 2 heterocycles. The molecule has 2 aromatic rings. The van der Waals surface area contributed by atoms with Gasteiger partial charge in [0.15, 0.2) is 0 Å². The van der Waals surface area contributed by atoms with E-state index < -0.39 is 6.10 Å². The van der Waals surface area contributed by atoms with Crippen LogP contribution in [-0.2, 0) is 16.0 Å². The van der Waals surface area contributed by atoms with Crippen LogP contribution in [0.4, 0.5) is 0 Å². The first-order chi connectivity index (χ1) is 8.29. The molecule has 88 valence electrons. The van der Waals surface area contributed by atoms with Gasteiger partial charge in [0.05, 0.1) is 17.0 Å². The second-order valence-corrected chi connectivity index (χ2v) is 3.84. The van der Waals surface area contributed by atoms with Crippen molar-refractivity contribution < 1.29 is 9.53 Å². The standard InChI is InChI=1S/C11H10ClN3O2/c12-8-1-2-10(14-4-8)11(17-7-16)3-9-5-13-6-15-9/h1-2,4-7,11H,3H2,(H,13,15). The van der Waals surface area contributed by atoms with Crippen molar-refractivity contribution in [2.75, 3.05) is 0 Å². The molecule has 0 bridgehead atoms. The Morgan fingerprint density at radius 3 is 2.94 bits per heavy atom. The molecule has 5 nitrogen and oxygen atoms in total. The molecule has 0 fully saturated rings. The highest BCUT2D eigenvalue weighted by Gasteiger charge is 2.15. The number of ether oxygens (including phenoxy) is 1. The van der Waals surface area contributed by atoms with Crippen molar-refractivity contribution in [2.24, 2.45) is 0 Å². The number of hydrogen-bond donors (Lipinski definition) is 1. The Morgan fingerprint density at radius 1 is 1.47 bits per heavy atom. The lowest BCUT2D eigenvalue weighted by atomic mass is 10.1. The Balaban J connectivity index is 2.16. The van der Waals surface area contributed by atoms with Gasteiger partial charge < -0.3 is 9.72 Å². The summed E-state index contributed by atoms with van der Waals surface area (Å²) in [6.45, 7) is 0.414. The number of hydrogen-bond acceptors (Lipinski definition) is 4. The molecule has 1 unspecified atom stereocenters. The van der Waals surface area contributed by atoms with Gasteiger partial charge in [-0.25, -0.2) is 4.98 Å². The molecule has 17 heavy (non-hydrogen) atoms. The number of imidazole rings is 1. The van der Waals surface area contributed by atoms with E-state index in [1.165, 1.54) is 6.20 Å². The van der Waals surface area contributed by atoms with E-state index in [2.05, 4.69) is 15.0 Å². The van der Waals surface area contributed by atoms with Crippen molar-refractivity contribution in [3.05, 3.63) is 47.3 Å². The summed E-state index contributed by atoms with van der Waals surface area (Å²) in [5.74, 6) is 0. The molecule has 1 N–H and O–H groups in total. The summed E-state index contributed by atoms with van der Waals surface area (Å²) < 4.78 is 5.01. The van der Waals surface area contributed by atoms with Crippen LogP contribution in [0.1, 0.15) is 17.5 Å². The number of nitrogens with zero attached hydrogens (tertiary/aromatic N) is 2. The van der Waals surface area contributed by atoms with E-state index in [1.54, 1.807) is 24.7 Å². The molecule has 1 atom stereocenters. The normalized spacial score (nSPS) is 12.1. The fraction of sp³-hybridized carbons (Fsp3) is 0.182. The SMILES string of the molecule is O=COC(Cc1cnc[nH]1)c1ccc(Cl)cn1. The van der Waals surface area contributed by atoms with Gasteiger partial charge in [-0.1, -0.05) is 11.6 Å². The number of halogens is 1. The van der Waals surface area contributed by atoms with E-state index in [0.717, 1.165) is 5.69 Å². The summed E-state index contributed by atoms with van der Waals surface area (Å²) in [5, 5.41) is 0.542. The van der Waals surface area contributed by atoms with Gasteiger partial charge in [-0.2, -0.15) is 0 Å². The van der Waals surface area contributed by atoms with Gasteiger partial charge in [0.1, 0.15) is 6.10 Å². The Labute approximate surface area is 103 Å². The second kappa shape index (κ2) is 5.45. The van der Waals surface area contributed by atoms with Crippen LogP contribution in [-0.4, -0.2) is 21.4 Å². The van der Waals surface area contributed by atoms with Gasteiger partial charge >= 0.3 is 0 Å². The maximum absolute atomic E-state index is 10.5. The highest BCUT2D eigenvalue weighted by atomic mass is 35.5. The number of aromatic nitrogens is 3. The zero-order valence-corrected chi connectivity index (χ0v) is 9.59. The molecular formula is C11H10ClN3O2. The van der Waals surface area contributed by atoms with Gasteiger partial charge in [-0.05, 0) is 12.1 Å². The van der Waals surface area contributed by atoms with Crippen LogP contribution in [0.15, 0.2) is 30.9 Å². The quantitative estimate of drug-likeness (QED) is 0.825. The molecule has 0 aliphatic heterocycles. The lowest BCUT2D eigenvalue weighted by Crippen LogP contribution is -2.09. The number of H-pyrrole nitrogens is 1. The van der Waals surface area contributed by atoms with Crippen molar-refractivity contribution in [1.29, 1.82) is 0 Å². The predicted molar refractivity (Wildman–Crippen MR) is 61.4 cm³/mol. The summed E-state index contributed by atoms with van der Waals surface area (Å²) in [5.41, 5.74) is 1.52. The van der Waals surface area contributed by atoms with Gasteiger partial charge in [-0.15, -0.1) is 0 Å². The van der Waals surface area contributed by atoms with E-state index in [0.29, 0.717) is 23.6 Å². The minimum atomic E-state index is -0.440. The smallest absolute Gasteiger partial charge is 0.293 e. The minimum Gasteiger partial charge on any atom is -0.458 e. The summed E-state index contributed by atoms with van der Waals surface area (Å²) in [6.07, 6.45) is 4.82. The van der Waals surface area contributed by atoms with E-state index in [1.807, 2.05) is 0 Å². The monoisotopic (exact) mass is 251 g/mol. The largest absolute Gasteiger partial charge is 0.458 e. The van der Waals surface area contributed by atoms with E-state index in [9.17, 15) is 4.79 Å². The second-order valence-electron chi connectivity index (χ2n) is 3.40. The van der Waals surface area contributed by atoms with Crippen molar-refractivity contribution >= 4 is 18.1 Å². The number of carbonyl (C=O) groups is 1. The zero-order chi connectivity index (χ0) is 12.1. The average molecular weight is 252 g/mol. The Bertz CT molecular complexity index is 470. The van der Waals surface area contributed by atoms with Crippen LogP contribution < -0.4 is 0 Å². The number of rotatable bonds is 5. The molecule has 0 aromatic carbocycles. The topological polar surface area (TPSA) is 67.9 Å². The third-order valence-corrected chi connectivity index (χ3v) is 2.48. The molecule has 0 saturated carbocycles. The lowest BCUT2D eigenvalue weighted by Gasteiger charge is -2.13. The molecule has 0 spiro atoms. The Kier molecular flexibility index (Phi) is 3.72. The minimum absolute atomic E-state index is 0.414. The highest BCUT2D eigenvalue weighted by molar-refractivity contribution is 6.30. The van der Waals surface area contributed by atoms with Gasteiger partial charge in [0, 0.05) is 24.5 Å². The van der Waals surface area contributed by atoms with Crippen LogP contribution in [0, 0.1) is 0 Å². The lowest BCUT2D eigenvalue weighted by molar-refractivity contribution is -0.134. The first-order valence-electron chi connectivity index (χ1n) is 4.97. The summed E-state index contributed by atoms with van der Waals surface area (Å²) in [4.78, 5) is 21.5. The number of aromatic amines is 1. The molecule has 2 aromatic heterocycles. The molecule has 6 heteroatoms. The van der Waals surface area contributed by atoms with Gasteiger partial charge in [0.25, 0.3) is 6.47 Å². The van der Waals surface area contributed by atoms with Gasteiger partial charge in [-0.3, -0.25) is 9.78 Å². The fourth-order valence-electron chi connectivity index (χ4n) is 1.46. The molecule has 0 aliphatic rings. The fourth-order valence-corrected chi connectivity index (χ4v) is 1.58. The van der Waals surface area contributed by atoms with Crippen LogP contribution in [0.5, 0.6) is 0 Å². The highest BCUT2D eigenvalue weighted by Crippen LogP contribution is 2.20. The van der Waals surface area contributed by atoms with E-state index >= 15 is 0 Å². The molecule has 0 aliphatic carbocycles. The Morgan fingerprint density at radius 2 is 2.35 bits per heavy atom. The number of carbonyl (C=O) groups excluding carboxylic acids is 1. The van der Waals surface area contributed by atoms with Crippen LogP contribution in [0.2, 0.25) is 5.02 Å². The summed E-state index contributed by atoms with van der Waals surface area (Å²) in [7, 11) is 0. The van der Waals surface area contributed by atoms with Crippen LogP contribution in [0.25, 0.3) is 0 Å². The van der Waals surface area contributed by atoms with Gasteiger partial charge in [0.2, 0.25) is 0 Å². The molecule has 0 radical (unpaired) electrons. The first-order valence-corrected chi connectivity index (χ1v) is 5.35. The molecule has 2 rings (SSSR count). The third-order valence-electron chi connectivity index (χ3n) is 2.26. The summed E-state index contributed by atoms with van der Waals surface area (Å²) in [6, 6.07) is 3.44.